The van der Waals surface area contributed by atoms with Crippen molar-refractivity contribution in [2.45, 2.75) is 25.8 Å². The van der Waals surface area contributed by atoms with E-state index >= 15 is 0 Å². The van der Waals surface area contributed by atoms with E-state index in [1.54, 1.807) is 39.5 Å². The zero-order valence-corrected chi connectivity index (χ0v) is 12.2. The molecule has 0 aliphatic rings. The molecule has 0 heterocycles. The molecule has 1 aromatic carbocycles. The summed E-state index contributed by atoms with van der Waals surface area (Å²) in [5, 5.41) is 0. The molecule has 0 aliphatic carbocycles. The van der Waals surface area contributed by atoms with Gasteiger partial charge in [0.1, 0.15) is 11.5 Å². The number of anilines is 1. The van der Waals surface area contributed by atoms with Crippen molar-refractivity contribution in [1.29, 1.82) is 0 Å². The van der Waals surface area contributed by atoms with Crippen molar-refractivity contribution in [3.8, 4) is 11.5 Å². The number of methoxy groups -OCH3 is 2. The summed E-state index contributed by atoms with van der Waals surface area (Å²) in [5.74, 6) is 1.22. The average Bonchev–Trinajstić information content (AvgIpc) is 2.35. The lowest BCUT2D eigenvalue weighted by atomic mass is 10.0. The van der Waals surface area contributed by atoms with Crippen LogP contribution in [-0.2, 0) is 4.79 Å². The third kappa shape index (κ3) is 4.13. The number of carbonyl (C=O) groups excluding carboxylic acids is 1. The van der Waals surface area contributed by atoms with E-state index in [2.05, 4.69) is 0 Å². The number of benzene rings is 1. The molecule has 5 heteroatoms. The Morgan fingerprint density at radius 2 is 1.95 bits per heavy atom. The van der Waals surface area contributed by atoms with Gasteiger partial charge in [0, 0.05) is 25.1 Å². The van der Waals surface area contributed by atoms with Gasteiger partial charge in [-0.15, -0.1) is 0 Å². The van der Waals surface area contributed by atoms with Crippen LogP contribution in [-0.4, -0.2) is 32.7 Å². The molecule has 106 valence electrons. The summed E-state index contributed by atoms with van der Waals surface area (Å²) in [7, 11) is 4.85. The molecular formula is C14H22N2O3. The largest absolute Gasteiger partial charge is 0.497 e. The summed E-state index contributed by atoms with van der Waals surface area (Å²) in [6, 6.07) is 5.32. The Morgan fingerprint density at radius 1 is 1.32 bits per heavy atom. The summed E-state index contributed by atoms with van der Waals surface area (Å²) in [6.07, 6.45) is 0.254. The Labute approximate surface area is 114 Å². The zero-order valence-electron chi connectivity index (χ0n) is 12.2. The minimum atomic E-state index is -0.544. The molecule has 2 N–H and O–H groups in total. The molecule has 1 rings (SSSR count). The highest BCUT2D eigenvalue weighted by Crippen LogP contribution is 2.32. The fraction of sp³-hybridized carbons (Fsp3) is 0.500. The number of nitrogens with zero attached hydrogens (tertiary/aromatic N) is 1. The van der Waals surface area contributed by atoms with E-state index in [1.807, 2.05) is 13.8 Å². The summed E-state index contributed by atoms with van der Waals surface area (Å²) in [5.41, 5.74) is 5.99. The van der Waals surface area contributed by atoms with Crippen molar-refractivity contribution < 1.29 is 14.3 Å². The maximum absolute atomic E-state index is 12.2. The Balaban J connectivity index is 3.03. The average molecular weight is 266 g/mol. The zero-order chi connectivity index (χ0) is 14.6. The third-order valence-corrected chi connectivity index (χ3v) is 2.73. The van der Waals surface area contributed by atoms with E-state index in [0.717, 1.165) is 0 Å². The second-order valence-corrected chi connectivity index (χ2v) is 5.16. The highest BCUT2D eigenvalue weighted by molar-refractivity contribution is 5.95. The Bertz CT molecular complexity index is 452. The number of amides is 1. The number of rotatable bonds is 5. The van der Waals surface area contributed by atoms with Gasteiger partial charge in [-0.05, 0) is 26.0 Å². The predicted molar refractivity (Wildman–Crippen MR) is 75.8 cm³/mol. The lowest BCUT2D eigenvalue weighted by Crippen LogP contribution is -2.40. The van der Waals surface area contributed by atoms with Crippen LogP contribution >= 0.6 is 0 Å². The molecular weight excluding hydrogens is 244 g/mol. The van der Waals surface area contributed by atoms with Crippen LogP contribution in [0.15, 0.2) is 18.2 Å². The first kappa shape index (κ1) is 15.3. The van der Waals surface area contributed by atoms with Gasteiger partial charge in [-0.3, -0.25) is 4.79 Å². The fourth-order valence-electron chi connectivity index (χ4n) is 1.70. The van der Waals surface area contributed by atoms with Crippen LogP contribution in [0, 0.1) is 0 Å². The van der Waals surface area contributed by atoms with E-state index in [-0.39, 0.29) is 12.3 Å². The fourth-order valence-corrected chi connectivity index (χ4v) is 1.70. The SMILES string of the molecule is COc1ccc(OC)c(N(C)C(=O)CC(C)(C)N)c1. The molecule has 0 fully saturated rings. The van der Waals surface area contributed by atoms with Crippen molar-refractivity contribution in [2.24, 2.45) is 5.73 Å². The highest BCUT2D eigenvalue weighted by Gasteiger charge is 2.22. The van der Waals surface area contributed by atoms with Gasteiger partial charge in [-0.25, -0.2) is 0 Å². The second-order valence-electron chi connectivity index (χ2n) is 5.16. The highest BCUT2D eigenvalue weighted by atomic mass is 16.5. The number of carbonyl (C=O) groups is 1. The normalized spacial score (nSPS) is 11.1. The quantitative estimate of drug-likeness (QED) is 0.882. The molecule has 19 heavy (non-hydrogen) atoms. The standard InChI is InChI=1S/C14H22N2O3/c1-14(2,15)9-13(17)16(3)11-8-10(18-4)6-7-12(11)19-5/h6-8H,9,15H2,1-5H3. The lowest BCUT2D eigenvalue weighted by molar-refractivity contribution is -0.119. The van der Waals surface area contributed by atoms with E-state index < -0.39 is 5.54 Å². The molecule has 0 spiro atoms. The number of nitrogens with two attached hydrogens (primary N) is 1. The van der Waals surface area contributed by atoms with Crippen molar-refractivity contribution in [2.75, 3.05) is 26.2 Å². The van der Waals surface area contributed by atoms with Gasteiger partial charge in [0.05, 0.1) is 19.9 Å². The van der Waals surface area contributed by atoms with Gasteiger partial charge in [0.25, 0.3) is 0 Å². The molecule has 0 atom stereocenters. The van der Waals surface area contributed by atoms with E-state index in [4.69, 9.17) is 15.2 Å². The van der Waals surface area contributed by atoms with E-state index in [9.17, 15) is 4.79 Å². The predicted octanol–water partition coefficient (Wildman–Crippen LogP) is 1.79. The maximum atomic E-state index is 12.2. The summed E-state index contributed by atoms with van der Waals surface area (Å²) < 4.78 is 10.4. The monoisotopic (exact) mass is 266 g/mol. The van der Waals surface area contributed by atoms with E-state index in [1.165, 1.54) is 4.90 Å². The molecule has 1 amide bonds. The van der Waals surface area contributed by atoms with Crippen LogP contribution < -0.4 is 20.1 Å². The minimum absolute atomic E-state index is 0.0703. The first-order chi connectivity index (χ1) is 8.78. The van der Waals surface area contributed by atoms with Gasteiger partial charge in [0.2, 0.25) is 5.91 Å². The Hall–Kier alpha value is -1.75. The second kappa shape index (κ2) is 5.93. The van der Waals surface area contributed by atoms with Crippen LogP contribution in [0.25, 0.3) is 0 Å². The molecule has 0 unspecified atom stereocenters. The summed E-state index contributed by atoms with van der Waals surface area (Å²) >= 11 is 0. The lowest BCUT2D eigenvalue weighted by Gasteiger charge is -2.25. The van der Waals surface area contributed by atoms with Gasteiger partial charge >= 0.3 is 0 Å². The molecule has 0 saturated carbocycles. The first-order valence-electron chi connectivity index (χ1n) is 6.06. The van der Waals surface area contributed by atoms with Crippen LogP contribution in [0.3, 0.4) is 0 Å². The molecule has 5 nitrogen and oxygen atoms in total. The van der Waals surface area contributed by atoms with Gasteiger partial charge < -0.3 is 20.1 Å². The molecule has 0 radical (unpaired) electrons. The van der Waals surface area contributed by atoms with Crippen molar-refractivity contribution in [3.63, 3.8) is 0 Å². The van der Waals surface area contributed by atoms with Crippen LogP contribution in [0.4, 0.5) is 5.69 Å². The van der Waals surface area contributed by atoms with Crippen LogP contribution in [0.5, 0.6) is 11.5 Å². The minimum Gasteiger partial charge on any atom is -0.497 e. The van der Waals surface area contributed by atoms with Gasteiger partial charge in [-0.2, -0.15) is 0 Å². The van der Waals surface area contributed by atoms with Gasteiger partial charge in [-0.1, -0.05) is 0 Å². The molecule has 0 aliphatic heterocycles. The Morgan fingerprint density at radius 3 is 2.42 bits per heavy atom. The van der Waals surface area contributed by atoms with Crippen molar-refractivity contribution in [3.05, 3.63) is 18.2 Å². The topological polar surface area (TPSA) is 64.8 Å². The number of hydrogen-bond donors (Lipinski definition) is 1. The number of ether oxygens (including phenoxy) is 2. The summed E-state index contributed by atoms with van der Waals surface area (Å²) in [6.45, 7) is 3.64. The third-order valence-electron chi connectivity index (χ3n) is 2.73. The van der Waals surface area contributed by atoms with Crippen molar-refractivity contribution >= 4 is 11.6 Å². The van der Waals surface area contributed by atoms with Crippen molar-refractivity contribution in [1.82, 2.24) is 0 Å². The van der Waals surface area contributed by atoms with Crippen LogP contribution in [0.1, 0.15) is 20.3 Å². The number of hydrogen-bond acceptors (Lipinski definition) is 4. The molecule has 0 saturated heterocycles. The van der Waals surface area contributed by atoms with Gasteiger partial charge in [0.15, 0.2) is 0 Å². The van der Waals surface area contributed by atoms with Crippen LogP contribution in [0.2, 0.25) is 0 Å². The molecule has 0 aromatic heterocycles. The maximum Gasteiger partial charge on any atom is 0.228 e. The first-order valence-corrected chi connectivity index (χ1v) is 6.06. The smallest absolute Gasteiger partial charge is 0.228 e. The summed E-state index contributed by atoms with van der Waals surface area (Å²) in [4.78, 5) is 13.7. The molecule has 0 bridgehead atoms. The molecule has 1 aromatic rings. The Kier molecular flexibility index (Phi) is 4.78. The van der Waals surface area contributed by atoms with E-state index in [0.29, 0.717) is 17.2 Å².